The lowest BCUT2D eigenvalue weighted by Crippen LogP contribution is -2.27. The number of anilines is 1. The Hall–Kier alpha value is -2.20. The number of hydrogen-bond acceptors (Lipinski definition) is 4. The fourth-order valence-corrected chi connectivity index (χ4v) is 4.33. The first kappa shape index (κ1) is 19.6. The van der Waals surface area contributed by atoms with E-state index in [1.165, 1.54) is 22.6 Å². The average molecular weight is 403 g/mol. The van der Waals surface area contributed by atoms with Crippen LogP contribution in [0.4, 0.5) is 23.4 Å². The van der Waals surface area contributed by atoms with E-state index in [4.69, 9.17) is 0 Å². The van der Waals surface area contributed by atoms with E-state index in [0.717, 1.165) is 25.0 Å². The van der Waals surface area contributed by atoms with Crippen molar-refractivity contribution in [1.82, 2.24) is 9.29 Å². The predicted molar refractivity (Wildman–Crippen MR) is 91.0 cm³/mol. The maximum atomic E-state index is 13.1. The Labute approximate surface area is 154 Å². The van der Waals surface area contributed by atoms with Crippen molar-refractivity contribution >= 4 is 15.8 Å². The first-order valence-corrected chi connectivity index (χ1v) is 9.67. The summed E-state index contributed by atoms with van der Waals surface area (Å²) in [5, 5.41) is 2.70. The van der Waals surface area contributed by atoms with Gasteiger partial charge < -0.3 is 5.32 Å². The van der Waals surface area contributed by atoms with Gasteiger partial charge in [0, 0.05) is 25.8 Å². The molecule has 1 aromatic carbocycles. The second-order valence-electron chi connectivity index (χ2n) is 6.14. The third-order valence-corrected chi connectivity index (χ3v) is 6.16. The molecule has 0 atom stereocenters. The number of sulfonamides is 1. The molecule has 3 rings (SSSR count). The third-order valence-electron chi connectivity index (χ3n) is 4.28. The number of nitrogens with one attached hydrogen (secondary N) is 1. The molecule has 2 heterocycles. The number of rotatable bonds is 5. The fraction of sp³-hybridized carbons (Fsp3) is 0.353. The van der Waals surface area contributed by atoms with Crippen LogP contribution in [-0.2, 0) is 22.7 Å². The van der Waals surface area contributed by atoms with Crippen LogP contribution in [-0.4, -0.2) is 30.8 Å². The van der Waals surface area contributed by atoms with E-state index in [0.29, 0.717) is 19.2 Å². The molecule has 1 aliphatic rings. The highest BCUT2D eigenvalue weighted by molar-refractivity contribution is 7.89. The molecule has 1 aliphatic heterocycles. The van der Waals surface area contributed by atoms with E-state index < -0.39 is 27.6 Å². The number of nitrogens with zero attached hydrogens (tertiary/aromatic N) is 2. The number of pyridine rings is 1. The van der Waals surface area contributed by atoms with Crippen LogP contribution < -0.4 is 5.32 Å². The van der Waals surface area contributed by atoms with Gasteiger partial charge in [0.1, 0.15) is 16.5 Å². The molecule has 146 valence electrons. The molecule has 0 saturated carbocycles. The topological polar surface area (TPSA) is 62.3 Å². The van der Waals surface area contributed by atoms with E-state index in [9.17, 15) is 26.0 Å². The van der Waals surface area contributed by atoms with E-state index in [1.807, 2.05) is 0 Å². The Kier molecular flexibility index (Phi) is 5.38. The van der Waals surface area contributed by atoms with Gasteiger partial charge in [-0.3, -0.25) is 0 Å². The molecule has 0 spiro atoms. The van der Waals surface area contributed by atoms with E-state index in [-0.39, 0.29) is 22.8 Å². The zero-order valence-corrected chi connectivity index (χ0v) is 14.9. The van der Waals surface area contributed by atoms with Gasteiger partial charge in [0.2, 0.25) is 10.0 Å². The molecule has 5 nitrogen and oxygen atoms in total. The summed E-state index contributed by atoms with van der Waals surface area (Å²) in [6, 6.07) is 5.19. The van der Waals surface area contributed by atoms with E-state index in [2.05, 4.69) is 10.3 Å². The minimum atomic E-state index is -4.68. The standard InChI is InChI=1S/C17H17F4N3O2S/c18-13-4-3-12(15(9-13)17(19,20)21)10-22-16-6-5-14(11-23-16)27(25,26)24-7-1-2-8-24/h3-6,9,11H,1-2,7-8,10H2,(H,22,23). The zero-order chi connectivity index (χ0) is 19.7. The molecule has 2 aromatic rings. The van der Waals surface area contributed by atoms with Crippen LogP contribution in [0.25, 0.3) is 0 Å². The molecular formula is C17H17F4N3O2S. The van der Waals surface area contributed by atoms with E-state index >= 15 is 0 Å². The summed E-state index contributed by atoms with van der Waals surface area (Å²) in [6.45, 7) is 0.695. The van der Waals surface area contributed by atoms with Crippen molar-refractivity contribution in [1.29, 1.82) is 0 Å². The van der Waals surface area contributed by atoms with Gasteiger partial charge in [0.05, 0.1) is 5.56 Å². The summed E-state index contributed by atoms with van der Waals surface area (Å²) in [6.07, 6.45) is -1.89. The molecule has 1 N–H and O–H groups in total. The van der Waals surface area contributed by atoms with Crippen LogP contribution in [0.15, 0.2) is 41.4 Å². The maximum absolute atomic E-state index is 13.1. The van der Waals surface area contributed by atoms with Gasteiger partial charge in [-0.15, -0.1) is 0 Å². The van der Waals surface area contributed by atoms with Crippen LogP contribution >= 0.6 is 0 Å². The lowest BCUT2D eigenvalue weighted by molar-refractivity contribution is -0.138. The van der Waals surface area contributed by atoms with Gasteiger partial charge in [-0.25, -0.2) is 17.8 Å². The Morgan fingerprint density at radius 1 is 1.11 bits per heavy atom. The quantitative estimate of drug-likeness (QED) is 0.775. The summed E-state index contributed by atoms with van der Waals surface area (Å²) >= 11 is 0. The highest BCUT2D eigenvalue weighted by Crippen LogP contribution is 2.33. The maximum Gasteiger partial charge on any atom is 0.416 e. The van der Waals surface area contributed by atoms with Gasteiger partial charge in [-0.05, 0) is 42.7 Å². The molecule has 0 bridgehead atoms. The second kappa shape index (κ2) is 7.43. The van der Waals surface area contributed by atoms with Crippen molar-refractivity contribution in [3.63, 3.8) is 0 Å². The van der Waals surface area contributed by atoms with Crippen LogP contribution in [0.2, 0.25) is 0 Å². The van der Waals surface area contributed by atoms with Crippen LogP contribution in [0.3, 0.4) is 0 Å². The van der Waals surface area contributed by atoms with E-state index in [1.54, 1.807) is 0 Å². The molecule has 0 radical (unpaired) electrons. The number of benzene rings is 1. The lowest BCUT2D eigenvalue weighted by Gasteiger charge is -2.16. The lowest BCUT2D eigenvalue weighted by atomic mass is 10.1. The monoisotopic (exact) mass is 403 g/mol. The first-order chi connectivity index (χ1) is 12.7. The molecule has 0 amide bonds. The molecular weight excluding hydrogens is 386 g/mol. The number of hydrogen-bond donors (Lipinski definition) is 1. The van der Waals surface area contributed by atoms with Crippen molar-refractivity contribution in [2.45, 2.75) is 30.5 Å². The number of aromatic nitrogens is 1. The Bertz CT molecular complexity index is 909. The minimum Gasteiger partial charge on any atom is -0.366 e. The number of halogens is 4. The molecule has 27 heavy (non-hydrogen) atoms. The van der Waals surface area contributed by atoms with Crippen molar-refractivity contribution in [2.75, 3.05) is 18.4 Å². The highest BCUT2D eigenvalue weighted by atomic mass is 32.2. The van der Waals surface area contributed by atoms with Crippen LogP contribution in [0.1, 0.15) is 24.0 Å². The van der Waals surface area contributed by atoms with Crippen LogP contribution in [0, 0.1) is 5.82 Å². The SMILES string of the molecule is O=S(=O)(c1ccc(NCc2ccc(F)cc2C(F)(F)F)nc1)N1CCCC1. The minimum absolute atomic E-state index is 0.0349. The highest BCUT2D eigenvalue weighted by Gasteiger charge is 2.33. The van der Waals surface area contributed by atoms with Crippen molar-refractivity contribution in [3.8, 4) is 0 Å². The smallest absolute Gasteiger partial charge is 0.366 e. The first-order valence-electron chi connectivity index (χ1n) is 8.23. The molecule has 1 fully saturated rings. The Morgan fingerprint density at radius 3 is 2.41 bits per heavy atom. The summed E-state index contributed by atoms with van der Waals surface area (Å²) < 4.78 is 78.4. The van der Waals surface area contributed by atoms with Gasteiger partial charge in [-0.1, -0.05) is 6.07 Å². The summed E-state index contributed by atoms with van der Waals surface area (Å²) in [5.74, 6) is -0.756. The van der Waals surface area contributed by atoms with Gasteiger partial charge >= 0.3 is 6.18 Å². The second-order valence-corrected chi connectivity index (χ2v) is 8.08. The molecule has 1 saturated heterocycles. The van der Waals surface area contributed by atoms with Crippen molar-refractivity contribution in [2.24, 2.45) is 0 Å². The van der Waals surface area contributed by atoms with Gasteiger partial charge in [0.15, 0.2) is 0 Å². The van der Waals surface area contributed by atoms with Gasteiger partial charge in [0.25, 0.3) is 0 Å². The van der Waals surface area contributed by atoms with Crippen LogP contribution in [0.5, 0.6) is 0 Å². The average Bonchev–Trinajstić information content (AvgIpc) is 3.16. The predicted octanol–water partition coefficient (Wildman–Crippen LogP) is 3.64. The fourth-order valence-electron chi connectivity index (χ4n) is 2.87. The molecule has 10 heteroatoms. The zero-order valence-electron chi connectivity index (χ0n) is 14.1. The molecule has 1 aromatic heterocycles. The third kappa shape index (κ3) is 4.38. The normalized spacial score (nSPS) is 15.9. The molecule has 0 unspecified atom stereocenters. The van der Waals surface area contributed by atoms with Gasteiger partial charge in [-0.2, -0.15) is 17.5 Å². The Balaban J connectivity index is 1.73. The van der Waals surface area contributed by atoms with Crippen molar-refractivity contribution < 1.29 is 26.0 Å². The van der Waals surface area contributed by atoms with Crippen molar-refractivity contribution in [3.05, 3.63) is 53.5 Å². The summed E-state index contributed by atoms with van der Waals surface area (Å²) in [7, 11) is -3.60. The number of alkyl halides is 3. The largest absolute Gasteiger partial charge is 0.416 e. The summed E-state index contributed by atoms with van der Waals surface area (Å²) in [4.78, 5) is 4.00. The summed E-state index contributed by atoms with van der Waals surface area (Å²) in [5.41, 5.74) is -1.21. The molecule has 0 aliphatic carbocycles. The Morgan fingerprint density at radius 2 is 1.81 bits per heavy atom.